The second kappa shape index (κ2) is 9.20. The lowest BCUT2D eigenvalue weighted by Crippen LogP contribution is -2.48. The van der Waals surface area contributed by atoms with E-state index in [4.69, 9.17) is 0 Å². The van der Waals surface area contributed by atoms with E-state index in [1.54, 1.807) is 0 Å². The molecular weight excluding hydrogens is 418 g/mol. The molecule has 1 amide bonds. The molecule has 1 saturated heterocycles. The van der Waals surface area contributed by atoms with E-state index in [1.165, 1.54) is 11.3 Å². The lowest BCUT2D eigenvalue weighted by molar-refractivity contribution is 0.0751. The molecule has 0 aliphatic carbocycles. The number of carbonyl (C=O) groups excluding carboxylic acids is 1. The Morgan fingerprint density at radius 1 is 0.812 bits per heavy atom. The molecule has 1 fully saturated rings. The highest BCUT2D eigenvalue weighted by Crippen LogP contribution is 2.23. The van der Waals surface area contributed by atoms with E-state index >= 15 is 0 Å². The van der Waals surface area contributed by atoms with Crippen LogP contribution in [0, 0.1) is 0 Å². The Morgan fingerprint density at radius 3 is 2.25 bits per heavy atom. The Morgan fingerprint density at radius 2 is 1.59 bits per heavy atom. The normalized spacial score (nSPS) is 13.8. The van der Waals surface area contributed by atoms with Crippen molar-refractivity contribution in [3.05, 3.63) is 89.1 Å². The number of nitrogens with one attached hydrogen (secondary N) is 1. The number of carbonyl (C=O) groups is 1. The predicted molar refractivity (Wildman–Crippen MR) is 130 cm³/mol. The number of amides is 1. The summed E-state index contributed by atoms with van der Waals surface area (Å²) < 4.78 is 0. The number of hydrogen-bond donors (Lipinski definition) is 1. The minimum atomic E-state index is 0.138. The number of hydrogen-bond acceptors (Lipinski definition) is 6. The Labute approximate surface area is 191 Å². The van der Waals surface area contributed by atoms with Crippen LogP contribution in [-0.4, -0.2) is 47.2 Å². The molecule has 6 nitrogen and oxygen atoms in total. The van der Waals surface area contributed by atoms with Gasteiger partial charge in [0.2, 0.25) is 0 Å². The third kappa shape index (κ3) is 4.48. The molecule has 0 unspecified atom stereocenters. The number of thiophene rings is 1. The summed E-state index contributed by atoms with van der Waals surface area (Å²) in [5, 5.41) is 13.9. The Kier molecular flexibility index (Phi) is 5.81. The largest absolute Gasteiger partial charge is 0.368 e. The van der Waals surface area contributed by atoms with Gasteiger partial charge in [0.25, 0.3) is 5.91 Å². The van der Waals surface area contributed by atoms with Crippen LogP contribution in [0.4, 0.5) is 17.2 Å². The van der Waals surface area contributed by atoms with Crippen molar-refractivity contribution in [2.45, 2.75) is 0 Å². The van der Waals surface area contributed by atoms with Gasteiger partial charge in [0.05, 0.1) is 10.6 Å². The Balaban J connectivity index is 1.17. The summed E-state index contributed by atoms with van der Waals surface area (Å²) in [7, 11) is 0. The van der Waals surface area contributed by atoms with Crippen molar-refractivity contribution < 1.29 is 4.79 Å². The highest BCUT2D eigenvalue weighted by molar-refractivity contribution is 7.12. The van der Waals surface area contributed by atoms with Crippen molar-refractivity contribution in [3.8, 4) is 11.3 Å². The number of aromatic nitrogens is 2. The standard InChI is InChI=1S/C25H23N5OS/c31-25(23-7-4-18-32-23)30-16-14-29(15-17-30)21-10-8-20(9-11-21)26-24-13-12-22(27-28-24)19-5-2-1-3-6-19/h1-13,18H,14-17H2,(H,26,28). The molecule has 0 radical (unpaired) electrons. The molecule has 0 bridgehead atoms. The average Bonchev–Trinajstić information content (AvgIpc) is 3.40. The number of piperazine rings is 1. The van der Waals surface area contributed by atoms with E-state index < -0.39 is 0 Å². The van der Waals surface area contributed by atoms with Gasteiger partial charge in [-0.1, -0.05) is 36.4 Å². The van der Waals surface area contributed by atoms with Gasteiger partial charge >= 0.3 is 0 Å². The van der Waals surface area contributed by atoms with Crippen molar-refractivity contribution in [1.82, 2.24) is 15.1 Å². The molecule has 7 heteroatoms. The Bertz CT molecular complexity index is 1150. The molecule has 2 aromatic carbocycles. The van der Waals surface area contributed by atoms with Gasteiger partial charge in [-0.3, -0.25) is 4.79 Å². The molecule has 160 valence electrons. The summed E-state index contributed by atoms with van der Waals surface area (Å²) in [5.41, 5.74) is 4.02. The maximum Gasteiger partial charge on any atom is 0.264 e. The van der Waals surface area contributed by atoms with Crippen LogP contribution in [0.3, 0.4) is 0 Å². The topological polar surface area (TPSA) is 61.4 Å². The molecule has 4 aromatic rings. The van der Waals surface area contributed by atoms with Gasteiger partial charge in [0, 0.05) is 43.1 Å². The Hall–Kier alpha value is -3.71. The first kappa shape index (κ1) is 20.2. The van der Waals surface area contributed by atoms with Crippen molar-refractivity contribution >= 4 is 34.4 Å². The fraction of sp³-hybridized carbons (Fsp3) is 0.160. The predicted octanol–water partition coefficient (Wildman–Crippen LogP) is 4.91. The van der Waals surface area contributed by atoms with E-state index in [0.717, 1.165) is 53.7 Å². The zero-order valence-corrected chi connectivity index (χ0v) is 18.3. The van der Waals surface area contributed by atoms with Gasteiger partial charge in [-0.2, -0.15) is 0 Å². The zero-order chi connectivity index (χ0) is 21.8. The van der Waals surface area contributed by atoms with Crippen molar-refractivity contribution in [2.24, 2.45) is 0 Å². The first-order valence-electron chi connectivity index (χ1n) is 10.6. The lowest BCUT2D eigenvalue weighted by Gasteiger charge is -2.36. The van der Waals surface area contributed by atoms with E-state index in [-0.39, 0.29) is 5.91 Å². The minimum absolute atomic E-state index is 0.138. The maximum atomic E-state index is 12.5. The minimum Gasteiger partial charge on any atom is -0.368 e. The quantitative estimate of drug-likeness (QED) is 0.477. The molecular formula is C25H23N5OS. The molecule has 1 aliphatic heterocycles. The van der Waals surface area contributed by atoms with Crippen LogP contribution in [0.2, 0.25) is 0 Å². The van der Waals surface area contributed by atoms with Crippen molar-refractivity contribution in [1.29, 1.82) is 0 Å². The fourth-order valence-electron chi connectivity index (χ4n) is 3.79. The van der Waals surface area contributed by atoms with Crippen molar-refractivity contribution in [2.75, 3.05) is 36.4 Å². The number of anilines is 3. The molecule has 32 heavy (non-hydrogen) atoms. The van der Waals surface area contributed by atoms with E-state index in [0.29, 0.717) is 5.82 Å². The van der Waals surface area contributed by atoms with Crippen LogP contribution in [-0.2, 0) is 0 Å². The smallest absolute Gasteiger partial charge is 0.264 e. The number of nitrogens with zero attached hydrogens (tertiary/aromatic N) is 4. The molecule has 0 atom stereocenters. The van der Waals surface area contributed by atoms with E-state index in [2.05, 4.69) is 32.5 Å². The molecule has 5 rings (SSSR count). The van der Waals surface area contributed by atoms with Gasteiger partial charge in [-0.25, -0.2) is 0 Å². The summed E-state index contributed by atoms with van der Waals surface area (Å²) >= 11 is 1.50. The first-order valence-corrected chi connectivity index (χ1v) is 11.5. The second-order valence-corrected chi connectivity index (χ2v) is 8.55. The second-order valence-electron chi connectivity index (χ2n) is 7.60. The molecule has 2 aromatic heterocycles. The van der Waals surface area contributed by atoms with E-state index in [9.17, 15) is 4.79 Å². The molecule has 1 aliphatic rings. The monoisotopic (exact) mass is 441 g/mol. The van der Waals surface area contributed by atoms with Crippen molar-refractivity contribution in [3.63, 3.8) is 0 Å². The van der Waals surface area contributed by atoms with Crippen LogP contribution in [0.15, 0.2) is 84.2 Å². The first-order chi connectivity index (χ1) is 15.8. The highest BCUT2D eigenvalue weighted by Gasteiger charge is 2.22. The van der Waals surface area contributed by atoms with Gasteiger partial charge in [0.15, 0.2) is 5.82 Å². The van der Waals surface area contributed by atoms with Gasteiger partial charge in [-0.15, -0.1) is 21.5 Å². The third-order valence-electron chi connectivity index (χ3n) is 5.54. The summed E-state index contributed by atoms with van der Waals surface area (Å²) in [6.45, 7) is 3.13. The average molecular weight is 442 g/mol. The summed E-state index contributed by atoms with van der Waals surface area (Å²) in [4.78, 5) is 17.6. The van der Waals surface area contributed by atoms with Gasteiger partial charge in [0.1, 0.15) is 0 Å². The molecule has 1 N–H and O–H groups in total. The van der Waals surface area contributed by atoms with Crippen LogP contribution >= 0.6 is 11.3 Å². The van der Waals surface area contributed by atoms with Crippen LogP contribution in [0.25, 0.3) is 11.3 Å². The molecule has 3 heterocycles. The van der Waals surface area contributed by atoms with Crippen LogP contribution in [0.1, 0.15) is 9.67 Å². The molecule has 0 saturated carbocycles. The van der Waals surface area contributed by atoms with E-state index in [1.807, 2.05) is 77.0 Å². The highest BCUT2D eigenvalue weighted by atomic mass is 32.1. The van der Waals surface area contributed by atoms with Gasteiger partial charge in [-0.05, 0) is 47.8 Å². The number of rotatable bonds is 5. The lowest BCUT2D eigenvalue weighted by atomic mass is 10.1. The third-order valence-corrected chi connectivity index (χ3v) is 6.40. The van der Waals surface area contributed by atoms with Crippen LogP contribution < -0.4 is 10.2 Å². The van der Waals surface area contributed by atoms with Gasteiger partial charge < -0.3 is 15.1 Å². The zero-order valence-electron chi connectivity index (χ0n) is 17.5. The summed E-state index contributed by atoms with van der Waals surface area (Å²) in [6.07, 6.45) is 0. The SMILES string of the molecule is O=C(c1cccs1)N1CCN(c2ccc(Nc3ccc(-c4ccccc4)nn3)cc2)CC1. The summed E-state index contributed by atoms with van der Waals surface area (Å²) in [5.74, 6) is 0.844. The summed E-state index contributed by atoms with van der Waals surface area (Å²) in [6, 6.07) is 26.0. The van der Waals surface area contributed by atoms with Crippen LogP contribution in [0.5, 0.6) is 0 Å². The number of benzene rings is 2. The fourth-order valence-corrected chi connectivity index (χ4v) is 4.48. The maximum absolute atomic E-state index is 12.5. The molecule has 0 spiro atoms.